The second-order valence-corrected chi connectivity index (χ2v) is 8.49. The monoisotopic (exact) mass is 440 g/mol. The first-order chi connectivity index (χ1) is 13.9. The molecule has 2 aromatic rings. The van der Waals surface area contributed by atoms with Gasteiger partial charge in [-0.3, -0.25) is 4.79 Å². The number of methoxy groups -OCH3 is 1. The third kappa shape index (κ3) is 5.18. The Bertz CT molecular complexity index is 976. The molecule has 1 aliphatic heterocycles. The summed E-state index contributed by atoms with van der Waals surface area (Å²) in [5.41, 5.74) is 0.515. The highest BCUT2D eigenvalue weighted by atomic mass is 35.5. The van der Waals surface area contributed by atoms with E-state index in [0.717, 1.165) is 0 Å². The largest absolute Gasteiger partial charge is 0.495 e. The van der Waals surface area contributed by atoms with Crippen LogP contribution in [0.15, 0.2) is 47.4 Å². The van der Waals surface area contributed by atoms with Crippen LogP contribution >= 0.6 is 11.6 Å². The molecule has 1 saturated heterocycles. The topological polar surface area (TPSA) is 94.2 Å². The van der Waals surface area contributed by atoms with Gasteiger partial charge in [0.05, 0.1) is 35.9 Å². The molecule has 2 aromatic carbocycles. The van der Waals surface area contributed by atoms with Crippen LogP contribution in [0.3, 0.4) is 0 Å². The van der Waals surface area contributed by atoms with E-state index in [9.17, 15) is 13.2 Å². The van der Waals surface area contributed by atoms with E-state index < -0.39 is 15.9 Å². The van der Waals surface area contributed by atoms with Crippen molar-refractivity contribution in [3.8, 4) is 11.5 Å². The van der Waals surface area contributed by atoms with Gasteiger partial charge in [-0.2, -0.15) is 4.31 Å². The molecule has 1 heterocycles. The quantitative estimate of drug-likeness (QED) is 0.710. The number of hydrogen-bond donors (Lipinski definition) is 1. The van der Waals surface area contributed by atoms with Gasteiger partial charge < -0.3 is 19.5 Å². The van der Waals surface area contributed by atoms with E-state index in [1.165, 1.54) is 29.6 Å². The average Bonchev–Trinajstić information content (AvgIpc) is 2.73. The van der Waals surface area contributed by atoms with Crippen LogP contribution in [0.5, 0.6) is 11.5 Å². The van der Waals surface area contributed by atoms with Crippen LogP contribution in [-0.4, -0.2) is 58.7 Å². The number of sulfonamides is 1. The van der Waals surface area contributed by atoms with Gasteiger partial charge in [-0.25, -0.2) is 8.42 Å². The Hall–Kier alpha value is -2.33. The first-order valence-corrected chi connectivity index (χ1v) is 10.7. The zero-order valence-corrected chi connectivity index (χ0v) is 17.3. The van der Waals surface area contributed by atoms with Gasteiger partial charge in [-0.15, -0.1) is 0 Å². The molecule has 1 fully saturated rings. The molecule has 1 N–H and O–H groups in total. The Morgan fingerprint density at radius 1 is 1.17 bits per heavy atom. The number of anilines is 1. The summed E-state index contributed by atoms with van der Waals surface area (Å²) in [5.74, 6) is 0.329. The highest BCUT2D eigenvalue weighted by molar-refractivity contribution is 7.89. The Morgan fingerprint density at radius 2 is 1.90 bits per heavy atom. The lowest BCUT2D eigenvalue weighted by atomic mass is 10.3. The number of halogens is 1. The van der Waals surface area contributed by atoms with E-state index in [2.05, 4.69) is 5.32 Å². The molecule has 0 bridgehead atoms. The van der Waals surface area contributed by atoms with Crippen molar-refractivity contribution < 1.29 is 27.4 Å². The second kappa shape index (κ2) is 9.45. The van der Waals surface area contributed by atoms with Crippen molar-refractivity contribution in [1.29, 1.82) is 0 Å². The van der Waals surface area contributed by atoms with Crippen LogP contribution in [0.25, 0.3) is 0 Å². The van der Waals surface area contributed by atoms with Gasteiger partial charge in [0.1, 0.15) is 11.5 Å². The zero-order valence-electron chi connectivity index (χ0n) is 15.8. The van der Waals surface area contributed by atoms with Crippen molar-refractivity contribution in [3.63, 3.8) is 0 Å². The lowest BCUT2D eigenvalue weighted by molar-refractivity contribution is -0.118. The maximum Gasteiger partial charge on any atom is 0.262 e. The predicted molar refractivity (Wildman–Crippen MR) is 108 cm³/mol. The second-order valence-electron chi connectivity index (χ2n) is 6.15. The summed E-state index contributed by atoms with van der Waals surface area (Å²) >= 11 is 6.18. The van der Waals surface area contributed by atoms with Crippen molar-refractivity contribution >= 4 is 33.2 Å². The minimum absolute atomic E-state index is 0.0650. The molecule has 10 heteroatoms. The minimum Gasteiger partial charge on any atom is -0.495 e. The number of ether oxygens (including phenoxy) is 3. The summed E-state index contributed by atoms with van der Waals surface area (Å²) in [6.45, 7) is 1.00. The van der Waals surface area contributed by atoms with Crippen molar-refractivity contribution in [2.45, 2.75) is 4.90 Å². The van der Waals surface area contributed by atoms with Crippen LogP contribution in [0.4, 0.5) is 5.69 Å². The van der Waals surface area contributed by atoms with Crippen LogP contribution in [-0.2, 0) is 19.6 Å². The molecular weight excluding hydrogens is 420 g/mol. The third-order valence-corrected chi connectivity index (χ3v) is 6.44. The SMILES string of the molecule is COc1ccccc1NC(=O)COc1ccc(S(=O)(=O)N2CCOCC2)cc1Cl. The Labute approximate surface area is 174 Å². The summed E-state index contributed by atoms with van der Waals surface area (Å²) in [6.07, 6.45) is 0. The summed E-state index contributed by atoms with van der Waals surface area (Å²) in [6, 6.07) is 11.1. The smallest absolute Gasteiger partial charge is 0.262 e. The number of morpholine rings is 1. The molecule has 0 radical (unpaired) electrons. The molecule has 0 aliphatic carbocycles. The molecule has 0 saturated carbocycles. The van der Waals surface area contributed by atoms with Crippen molar-refractivity contribution in [3.05, 3.63) is 47.5 Å². The van der Waals surface area contributed by atoms with Crippen LogP contribution < -0.4 is 14.8 Å². The van der Waals surface area contributed by atoms with E-state index in [-0.39, 0.29) is 22.3 Å². The third-order valence-electron chi connectivity index (χ3n) is 4.25. The number of benzene rings is 2. The van der Waals surface area contributed by atoms with E-state index >= 15 is 0 Å². The molecule has 0 unspecified atom stereocenters. The van der Waals surface area contributed by atoms with Crippen LogP contribution in [0, 0.1) is 0 Å². The Kier molecular flexibility index (Phi) is 6.96. The lowest BCUT2D eigenvalue weighted by Gasteiger charge is -2.26. The summed E-state index contributed by atoms with van der Waals surface area (Å²) < 4.78 is 42.5. The van der Waals surface area contributed by atoms with Crippen LogP contribution in [0.1, 0.15) is 0 Å². The zero-order chi connectivity index (χ0) is 20.9. The minimum atomic E-state index is -3.66. The lowest BCUT2D eigenvalue weighted by Crippen LogP contribution is -2.40. The number of nitrogens with zero attached hydrogens (tertiary/aromatic N) is 1. The number of hydrogen-bond acceptors (Lipinski definition) is 6. The fourth-order valence-electron chi connectivity index (χ4n) is 2.77. The fourth-order valence-corrected chi connectivity index (χ4v) is 4.51. The summed E-state index contributed by atoms with van der Waals surface area (Å²) in [7, 11) is -2.15. The highest BCUT2D eigenvalue weighted by Gasteiger charge is 2.27. The number of nitrogens with one attached hydrogen (secondary N) is 1. The molecule has 0 aromatic heterocycles. The van der Waals surface area contributed by atoms with Gasteiger partial charge in [0.15, 0.2) is 6.61 Å². The van der Waals surface area contributed by atoms with Crippen LogP contribution in [0.2, 0.25) is 5.02 Å². The first-order valence-electron chi connectivity index (χ1n) is 8.85. The molecule has 1 aliphatic rings. The maximum absolute atomic E-state index is 12.7. The van der Waals surface area contributed by atoms with Gasteiger partial charge in [0.25, 0.3) is 5.91 Å². The molecule has 0 atom stereocenters. The number of para-hydroxylation sites is 2. The van der Waals surface area contributed by atoms with Gasteiger partial charge in [-0.1, -0.05) is 23.7 Å². The molecule has 0 spiro atoms. The van der Waals surface area contributed by atoms with Crippen molar-refractivity contribution in [2.24, 2.45) is 0 Å². The molecule has 29 heavy (non-hydrogen) atoms. The maximum atomic E-state index is 12.7. The van der Waals surface area contributed by atoms with Gasteiger partial charge in [-0.05, 0) is 30.3 Å². The first kappa shape index (κ1) is 21.4. The van der Waals surface area contributed by atoms with Crippen molar-refractivity contribution in [1.82, 2.24) is 4.31 Å². The summed E-state index contributed by atoms with van der Waals surface area (Å²) in [4.78, 5) is 12.2. The molecule has 3 rings (SSSR count). The van der Waals surface area contributed by atoms with Gasteiger partial charge in [0.2, 0.25) is 10.0 Å². The van der Waals surface area contributed by atoms with E-state index in [1.807, 2.05) is 0 Å². The highest BCUT2D eigenvalue weighted by Crippen LogP contribution is 2.29. The molecule has 156 valence electrons. The van der Waals surface area contributed by atoms with Gasteiger partial charge >= 0.3 is 0 Å². The summed E-state index contributed by atoms with van der Waals surface area (Å²) in [5, 5.41) is 2.78. The molecule has 1 amide bonds. The molecular formula is C19H21ClN2O6S. The number of carbonyl (C=O) groups excluding carboxylic acids is 1. The van der Waals surface area contributed by atoms with E-state index in [4.69, 9.17) is 25.8 Å². The average molecular weight is 441 g/mol. The predicted octanol–water partition coefficient (Wildman–Crippen LogP) is 2.39. The normalized spacial score (nSPS) is 15.0. The standard InChI is InChI=1S/C19H21ClN2O6S/c1-26-18-5-3-2-4-16(18)21-19(23)13-28-17-7-6-14(12-15(17)20)29(24,25)22-8-10-27-11-9-22/h2-7,12H,8-11,13H2,1H3,(H,21,23). The fraction of sp³-hybridized carbons (Fsp3) is 0.316. The Morgan fingerprint density at radius 3 is 2.59 bits per heavy atom. The Balaban J connectivity index is 1.64. The van der Waals surface area contributed by atoms with E-state index in [1.54, 1.807) is 24.3 Å². The number of rotatable bonds is 7. The van der Waals surface area contributed by atoms with E-state index in [0.29, 0.717) is 37.7 Å². The number of amides is 1. The number of carbonyl (C=O) groups is 1. The van der Waals surface area contributed by atoms with Gasteiger partial charge in [0, 0.05) is 13.1 Å². The van der Waals surface area contributed by atoms with Crippen molar-refractivity contribution in [2.75, 3.05) is 45.3 Å². The molecule has 8 nitrogen and oxygen atoms in total.